The van der Waals surface area contributed by atoms with Crippen LogP contribution in [-0.4, -0.2) is 21.8 Å². The lowest BCUT2D eigenvalue weighted by molar-refractivity contribution is 0.607. The molecule has 0 fully saturated rings. The fourth-order valence-corrected chi connectivity index (χ4v) is 1.92. The van der Waals surface area contributed by atoms with E-state index in [9.17, 15) is 0 Å². The number of hydrogen-bond donors (Lipinski definition) is 2. The van der Waals surface area contributed by atoms with Crippen molar-refractivity contribution in [2.45, 2.75) is 13.1 Å². The molecular formula is C12H16N4S. The molecule has 17 heavy (non-hydrogen) atoms. The first-order valence-electron chi connectivity index (χ1n) is 5.67. The number of nitrogens with one attached hydrogen (secondary N) is 2. The second-order valence-corrected chi connectivity index (χ2v) is 4.29. The molecule has 4 nitrogen and oxygen atoms in total. The Morgan fingerprint density at radius 3 is 2.47 bits per heavy atom. The van der Waals surface area contributed by atoms with Gasteiger partial charge in [-0.25, -0.2) is 0 Å². The van der Waals surface area contributed by atoms with Crippen LogP contribution < -0.4 is 10.6 Å². The van der Waals surface area contributed by atoms with E-state index in [1.807, 2.05) is 6.07 Å². The summed E-state index contributed by atoms with van der Waals surface area (Å²) in [7, 11) is 0. The molecule has 0 aliphatic carbocycles. The van der Waals surface area contributed by atoms with Crippen molar-refractivity contribution >= 4 is 11.7 Å². The Hall–Kier alpha value is -1.30. The van der Waals surface area contributed by atoms with Gasteiger partial charge >= 0.3 is 0 Å². The number of nitrogens with zero attached hydrogens (tertiary/aromatic N) is 2. The van der Waals surface area contributed by atoms with Crippen LogP contribution in [0.5, 0.6) is 0 Å². The van der Waals surface area contributed by atoms with E-state index >= 15 is 0 Å². The quantitative estimate of drug-likeness (QED) is 0.728. The third-order valence-electron chi connectivity index (χ3n) is 2.36. The van der Waals surface area contributed by atoms with Gasteiger partial charge in [0.2, 0.25) is 0 Å². The van der Waals surface area contributed by atoms with Crippen molar-refractivity contribution in [3.05, 3.63) is 47.8 Å². The van der Waals surface area contributed by atoms with Crippen molar-refractivity contribution < 1.29 is 0 Å². The molecular weight excluding hydrogens is 232 g/mol. The van der Waals surface area contributed by atoms with Crippen LogP contribution in [0.1, 0.15) is 11.3 Å². The second kappa shape index (κ2) is 7.11. The Balaban J connectivity index is 1.52. The summed E-state index contributed by atoms with van der Waals surface area (Å²) in [6.07, 6.45) is 1.80. The Morgan fingerprint density at radius 2 is 1.76 bits per heavy atom. The van der Waals surface area contributed by atoms with Crippen molar-refractivity contribution in [3.8, 4) is 0 Å². The van der Waals surface area contributed by atoms with E-state index in [4.69, 9.17) is 0 Å². The summed E-state index contributed by atoms with van der Waals surface area (Å²) in [5.74, 6) is 0. The highest BCUT2D eigenvalue weighted by atomic mass is 32.1. The molecule has 2 aromatic rings. The van der Waals surface area contributed by atoms with Crippen LogP contribution >= 0.6 is 11.7 Å². The van der Waals surface area contributed by atoms with Gasteiger partial charge in [0.15, 0.2) is 0 Å². The molecule has 0 saturated heterocycles. The van der Waals surface area contributed by atoms with E-state index < -0.39 is 0 Å². The highest BCUT2D eigenvalue weighted by Crippen LogP contribution is 1.96. The lowest BCUT2D eigenvalue weighted by Gasteiger charge is -2.05. The summed E-state index contributed by atoms with van der Waals surface area (Å²) in [5.41, 5.74) is 2.33. The molecule has 5 heteroatoms. The Bertz CT molecular complexity index is 402. The molecule has 0 spiro atoms. The smallest absolute Gasteiger partial charge is 0.0880 e. The van der Waals surface area contributed by atoms with Crippen LogP contribution in [0.3, 0.4) is 0 Å². The molecule has 0 amide bonds. The average Bonchev–Trinajstić information content (AvgIpc) is 2.88. The van der Waals surface area contributed by atoms with E-state index in [-0.39, 0.29) is 0 Å². The minimum absolute atomic E-state index is 0.795. The van der Waals surface area contributed by atoms with Gasteiger partial charge in [0, 0.05) is 26.2 Å². The fraction of sp³-hybridized carbons (Fsp3) is 0.333. The topological polar surface area (TPSA) is 49.8 Å². The van der Waals surface area contributed by atoms with Crippen LogP contribution in [0.2, 0.25) is 0 Å². The van der Waals surface area contributed by atoms with Gasteiger partial charge in [-0.3, -0.25) is 0 Å². The van der Waals surface area contributed by atoms with E-state index in [0.29, 0.717) is 0 Å². The first kappa shape index (κ1) is 12.2. The number of aromatic nitrogens is 2. The maximum Gasteiger partial charge on any atom is 0.0880 e. The molecule has 1 aromatic heterocycles. The van der Waals surface area contributed by atoms with Crippen LogP contribution in [0.25, 0.3) is 0 Å². The summed E-state index contributed by atoms with van der Waals surface area (Å²) < 4.78 is 8.08. The predicted molar refractivity (Wildman–Crippen MR) is 69.8 cm³/mol. The van der Waals surface area contributed by atoms with Crippen molar-refractivity contribution in [3.63, 3.8) is 0 Å². The molecule has 90 valence electrons. The molecule has 1 heterocycles. The van der Waals surface area contributed by atoms with E-state index in [0.717, 1.165) is 31.9 Å². The molecule has 0 radical (unpaired) electrons. The monoisotopic (exact) mass is 248 g/mol. The van der Waals surface area contributed by atoms with E-state index in [1.165, 1.54) is 17.3 Å². The predicted octanol–water partition coefficient (Wildman–Crippen LogP) is 1.42. The maximum atomic E-state index is 4.13. The molecule has 0 aliphatic rings. The SMILES string of the molecule is c1ccc(CNCCNCc2cnsn2)cc1. The number of benzene rings is 1. The van der Waals surface area contributed by atoms with Gasteiger partial charge in [0.05, 0.1) is 23.6 Å². The average molecular weight is 248 g/mol. The Morgan fingerprint density at radius 1 is 1.00 bits per heavy atom. The van der Waals surface area contributed by atoms with Crippen LogP contribution in [-0.2, 0) is 13.1 Å². The summed E-state index contributed by atoms with van der Waals surface area (Å²) in [4.78, 5) is 0. The number of hydrogen-bond acceptors (Lipinski definition) is 5. The molecule has 1 aromatic carbocycles. The molecule has 0 unspecified atom stereocenters. The summed E-state index contributed by atoms with van der Waals surface area (Å²) in [6, 6.07) is 10.4. The van der Waals surface area contributed by atoms with Crippen molar-refractivity contribution in [1.29, 1.82) is 0 Å². The van der Waals surface area contributed by atoms with Gasteiger partial charge in [-0.2, -0.15) is 8.75 Å². The largest absolute Gasteiger partial charge is 0.311 e. The van der Waals surface area contributed by atoms with E-state index in [1.54, 1.807) is 6.20 Å². The fourth-order valence-electron chi connectivity index (χ4n) is 1.48. The Kier molecular flexibility index (Phi) is 5.09. The van der Waals surface area contributed by atoms with Gasteiger partial charge in [-0.1, -0.05) is 30.3 Å². The molecule has 2 rings (SSSR count). The third-order valence-corrected chi connectivity index (χ3v) is 2.88. The lowest BCUT2D eigenvalue weighted by atomic mass is 10.2. The van der Waals surface area contributed by atoms with Crippen LogP contribution in [0, 0.1) is 0 Å². The number of rotatable bonds is 7. The van der Waals surface area contributed by atoms with Gasteiger partial charge < -0.3 is 10.6 Å². The van der Waals surface area contributed by atoms with E-state index in [2.05, 4.69) is 43.6 Å². The summed E-state index contributed by atoms with van der Waals surface area (Å²) in [5, 5.41) is 6.70. The second-order valence-electron chi connectivity index (χ2n) is 3.74. The zero-order chi connectivity index (χ0) is 11.8. The zero-order valence-electron chi connectivity index (χ0n) is 9.60. The standard InChI is InChI=1S/C12H16N4S/c1-2-4-11(5-3-1)8-13-6-7-14-9-12-10-15-17-16-12/h1-5,10,13-14H,6-9H2. The molecule has 2 N–H and O–H groups in total. The summed E-state index contributed by atoms with van der Waals surface area (Å²) >= 11 is 1.25. The Labute approximate surface area is 105 Å². The van der Waals surface area contributed by atoms with Crippen molar-refractivity contribution in [2.75, 3.05) is 13.1 Å². The van der Waals surface area contributed by atoms with Crippen molar-refractivity contribution in [2.24, 2.45) is 0 Å². The molecule has 0 bridgehead atoms. The van der Waals surface area contributed by atoms with Crippen molar-refractivity contribution in [1.82, 2.24) is 19.4 Å². The summed E-state index contributed by atoms with van der Waals surface area (Å²) in [6.45, 7) is 3.60. The minimum Gasteiger partial charge on any atom is -0.311 e. The maximum absolute atomic E-state index is 4.13. The molecule has 0 saturated carbocycles. The lowest BCUT2D eigenvalue weighted by Crippen LogP contribution is -2.26. The van der Waals surface area contributed by atoms with Crippen LogP contribution in [0.15, 0.2) is 36.5 Å². The van der Waals surface area contributed by atoms with Gasteiger partial charge in [0.25, 0.3) is 0 Å². The van der Waals surface area contributed by atoms with Gasteiger partial charge in [-0.15, -0.1) is 0 Å². The molecule has 0 aliphatic heterocycles. The highest BCUT2D eigenvalue weighted by molar-refractivity contribution is 6.99. The normalized spacial score (nSPS) is 10.6. The molecule has 0 atom stereocenters. The zero-order valence-corrected chi connectivity index (χ0v) is 10.4. The first-order chi connectivity index (χ1) is 8.45. The van der Waals surface area contributed by atoms with Crippen LogP contribution in [0.4, 0.5) is 0 Å². The highest BCUT2D eigenvalue weighted by Gasteiger charge is 1.95. The van der Waals surface area contributed by atoms with Gasteiger partial charge in [0.1, 0.15) is 0 Å². The minimum atomic E-state index is 0.795. The van der Waals surface area contributed by atoms with Gasteiger partial charge in [-0.05, 0) is 5.56 Å². The first-order valence-corrected chi connectivity index (χ1v) is 6.40. The third kappa shape index (κ3) is 4.60.